The summed E-state index contributed by atoms with van der Waals surface area (Å²) in [6.45, 7) is 27.7. The van der Waals surface area contributed by atoms with Crippen molar-refractivity contribution in [3.05, 3.63) is 91.3 Å². The third kappa shape index (κ3) is 39.4. The van der Waals surface area contributed by atoms with Crippen molar-refractivity contribution in [1.82, 2.24) is 0 Å². The number of hydrogen-bond donors (Lipinski definition) is 0. The topological polar surface area (TPSA) is 132 Å². The summed E-state index contributed by atoms with van der Waals surface area (Å²) in [5, 5.41) is 34.5. The molecule has 306 valence electrons. The van der Waals surface area contributed by atoms with Gasteiger partial charge in [0, 0.05) is 0 Å². The van der Waals surface area contributed by atoms with Gasteiger partial charge in [-0.2, -0.15) is 59.3 Å². The molecule has 3 aromatic rings. The van der Waals surface area contributed by atoms with Crippen LogP contribution in [0.25, 0.3) is 21.5 Å². The fraction of sp³-hybridized carbons (Fsp3) is 0.632. The van der Waals surface area contributed by atoms with Crippen molar-refractivity contribution in [2.45, 2.75) is 83.1 Å². The molecule has 0 saturated carbocycles. The SMILES string of the molecule is CC[PH+](CC)CC.CC[PH+](CC)CC.CC[PH+](CC)CC.CC[PH+](CC)CC.O=[N+]([O-])[O-].O=[N+]([O-])[O-].[Pt+2].[Pt+2].[c-]1ccc2ccc3cc[c-]cc3c2c1. The van der Waals surface area contributed by atoms with Gasteiger partial charge in [-0.3, -0.25) is 0 Å². The summed E-state index contributed by atoms with van der Waals surface area (Å²) in [7, 11) is 0.549. The molecule has 0 fully saturated rings. The molecule has 14 heteroatoms. The average Bonchev–Trinajstić information content (AvgIpc) is 3.12. The van der Waals surface area contributed by atoms with E-state index in [1.165, 1.54) is 95.5 Å². The zero-order valence-corrected chi connectivity index (χ0v) is 42.6. The van der Waals surface area contributed by atoms with Crippen LogP contribution in [0, 0.1) is 42.8 Å². The van der Waals surface area contributed by atoms with E-state index in [9.17, 15) is 0 Å². The molecule has 0 saturated heterocycles. The molecule has 0 aliphatic carbocycles. The van der Waals surface area contributed by atoms with Crippen LogP contribution in [0.2, 0.25) is 0 Å². The summed E-state index contributed by atoms with van der Waals surface area (Å²) in [4.78, 5) is 16.5. The van der Waals surface area contributed by atoms with Crippen molar-refractivity contribution in [3.8, 4) is 0 Å². The maximum Gasteiger partial charge on any atom is 2.00 e. The molecule has 3 aromatic carbocycles. The Morgan fingerprint density at radius 3 is 0.731 bits per heavy atom. The smallest absolute Gasteiger partial charge is 0.356 e. The second-order valence-electron chi connectivity index (χ2n) is 11.0. The summed E-state index contributed by atoms with van der Waals surface area (Å²) < 4.78 is 0. The first-order valence-corrected chi connectivity index (χ1v) is 26.9. The molecule has 0 N–H and O–H groups in total. The van der Waals surface area contributed by atoms with Crippen molar-refractivity contribution in [3.63, 3.8) is 0 Å². The standard InChI is InChI=1S/C14H8.4C6H15P.2NO3.2Pt/c1-3-7-13-11(5-1)9-10-12-6-2-4-8-14(12)13;4*1-4-7(5-2)6-3;2*2-1(3)4;;/h1-2,5-10H;4*4-6H2,1-3H3;;;;/q-2;;;;;2*-1;2*+2/p+4. The van der Waals surface area contributed by atoms with E-state index in [-0.39, 0.29) is 73.8 Å². The van der Waals surface area contributed by atoms with Crippen LogP contribution in [-0.2, 0) is 42.1 Å². The zero-order chi connectivity index (χ0) is 39.3. The Kier molecular flexibility index (Phi) is 57.3. The third-order valence-electron chi connectivity index (χ3n) is 8.53. The Balaban J connectivity index is -0.000000124. The Morgan fingerprint density at radius 2 is 0.596 bits per heavy atom. The number of hydrogen-bond acceptors (Lipinski definition) is 6. The van der Waals surface area contributed by atoms with Crippen LogP contribution in [0.1, 0.15) is 83.1 Å². The Labute approximate surface area is 351 Å². The first kappa shape index (κ1) is 63.6. The largest absolute Gasteiger partial charge is 2.00 e. The zero-order valence-electron chi connectivity index (χ0n) is 34.1. The fourth-order valence-corrected chi connectivity index (χ4v) is 10.8. The Bertz CT molecular complexity index is 1040. The van der Waals surface area contributed by atoms with Crippen LogP contribution >= 0.6 is 31.7 Å². The molecule has 8 nitrogen and oxygen atoms in total. The number of rotatable bonds is 12. The molecule has 0 atom stereocenters. The number of fused-ring (bicyclic) bond motifs is 3. The quantitative estimate of drug-likeness (QED) is 0.0583. The van der Waals surface area contributed by atoms with E-state index in [1.54, 1.807) is 0 Å². The van der Waals surface area contributed by atoms with Crippen LogP contribution < -0.4 is 0 Å². The number of benzene rings is 3. The maximum atomic E-state index is 8.25. The molecule has 0 bridgehead atoms. The van der Waals surface area contributed by atoms with Gasteiger partial charge in [0.2, 0.25) is 0 Å². The van der Waals surface area contributed by atoms with Gasteiger partial charge in [0.15, 0.2) is 0 Å². The molecule has 0 spiro atoms. The molecule has 0 aliphatic rings. The summed E-state index contributed by atoms with van der Waals surface area (Å²) in [6.07, 6.45) is 17.5. The van der Waals surface area contributed by atoms with Crippen molar-refractivity contribution in [2.24, 2.45) is 0 Å². The molecule has 52 heavy (non-hydrogen) atoms. The van der Waals surface area contributed by atoms with E-state index in [1.807, 2.05) is 24.3 Å². The molecule has 0 aromatic heterocycles. The molecular weight excluding hydrogens is 1090 g/mol. The van der Waals surface area contributed by atoms with Gasteiger partial charge in [-0.1, -0.05) is 12.1 Å². The molecule has 0 aliphatic heterocycles. The van der Waals surface area contributed by atoms with E-state index in [0.717, 1.165) is 0 Å². The third-order valence-corrected chi connectivity index (χ3v) is 20.5. The normalized spacial score (nSPS) is 9.38. The Morgan fingerprint density at radius 1 is 0.423 bits per heavy atom. The second-order valence-corrected chi connectivity index (χ2v) is 25.5. The van der Waals surface area contributed by atoms with Crippen molar-refractivity contribution in [2.75, 3.05) is 73.9 Å². The predicted molar refractivity (Wildman–Crippen MR) is 240 cm³/mol. The van der Waals surface area contributed by atoms with E-state index in [0.29, 0.717) is 0 Å². The van der Waals surface area contributed by atoms with E-state index in [2.05, 4.69) is 119 Å². The Hall–Kier alpha value is -0.323. The molecule has 0 radical (unpaired) electrons. The van der Waals surface area contributed by atoms with Crippen molar-refractivity contribution in [1.29, 1.82) is 0 Å². The van der Waals surface area contributed by atoms with Gasteiger partial charge in [-0.15, -0.1) is 10.8 Å². The van der Waals surface area contributed by atoms with Gasteiger partial charge in [-0.25, -0.2) is 0 Å². The van der Waals surface area contributed by atoms with Gasteiger partial charge < -0.3 is 30.6 Å². The minimum atomic E-state index is -1.75. The van der Waals surface area contributed by atoms with E-state index >= 15 is 0 Å². The molecule has 0 unspecified atom stereocenters. The van der Waals surface area contributed by atoms with Crippen LogP contribution in [-0.4, -0.2) is 84.1 Å². The minimum Gasteiger partial charge on any atom is -0.356 e. The van der Waals surface area contributed by atoms with Crippen molar-refractivity contribution < 1.29 is 52.3 Å². The van der Waals surface area contributed by atoms with Crippen LogP contribution in [0.3, 0.4) is 0 Å². The summed E-state index contributed by atoms with van der Waals surface area (Å²) in [5.41, 5.74) is 0. The predicted octanol–water partition coefficient (Wildman–Crippen LogP) is 12.2. The first-order valence-electron chi connectivity index (χ1n) is 18.5. The van der Waals surface area contributed by atoms with Crippen LogP contribution in [0.15, 0.2) is 48.5 Å². The first-order chi connectivity index (χ1) is 23.8. The second kappa shape index (κ2) is 46.8. The minimum absolute atomic E-state index is 0. The fourth-order valence-electron chi connectivity index (χ4n) is 4.82. The molecule has 3 rings (SSSR count). The van der Waals surface area contributed by atoms with Crippen LogP contribution in [0.5, 0.6) is 0 Å². The molecular formula is C38H72N2O6P4Pt2+4. The van der Waals surface area contributed by atoms with Crippen molar-refractivity contribution >= 4 is 53.2 Å². The van der Waals surface area contributed by atoms with Gasteiger partial charge >= 0.3 is 42.1 Å². The molecule has 0 heterocycles. The van der Waals surface area contributed by atoms with Gasteiger partial charge in [0.1, 0.15) is 0 Å². The van der Waals surface area contributed by atoms with Crippen LogP contribution in [0.4, 0.5) is 0 Å². The van der Waals surface area contributed by atoms with Gasteiger partial charge in [-0.05, 0) is 115 Å². The van der Waals surface area contributed by atoms with E-state index in [4.69, 9.17) is 30.6 Å². The summed E-state index contributed by atoms with van der Waals surface area (Å²) >= 11 is 0. The van der Waals surface area contributed by atoms with Gasteiger partial charge in [0.25, 0.3) is 0 Å². The molecule has 0 amide bonds. The van der Waals surface area contributed by atoms with E-state index < -0.39 is 10.2 Å². The average molecular weight is 1170 g/mol. The summed E-state index contributed by atoms with van der Waals surface area (Å²) in [5.74, 6) is 0. The summed E-state index contributed by atoms with van der Waals surface area (Å²) in [6, 6.07) is 22.6. The van der Waals surface area contributed by atoms with Gasteiger partial charge in [0.05, 0.1) is 84.1 Å². The number of nitrogens with zero attached hydrogens (tertiary/aromatic N) is 2. The monoisotopic (exact) mass is 1170 g/mol. The maximum absolute atomic E-state index is 8.25.